The second-order valence-corrected chi connectivity index (χ2v) is 3.78. The minimum Gasteiger partial charge on any atom is -0.377 e. The molecule has 1 aromatic heterocycles. The van der Waals surface area contributed by atoms with Crippen molar-refractivity contribution in [3.05, 3.63) is 11.7 Å². The SMILES string of the molecule is COCc1noc(C2CSCN2)n1. The standard InChI is InChI=1S/C7H11N3O2S/c1-11-2-6-9-7(12-10-6)5-3-13-4-8-5/h5,8H,2-4H2,1H3. The van der Waals surface area contributed by atoms with Crippen LogP contribution in [0.25, 0.3) is 0 Å². The first kappa shape index (κ1) is 8.98. The molecule has 1 fully saturated rings. The highest BCUT2D eigenvalue weighted by Gasteiger charge is 2.22. The van der Waals surface area contributed by atoms with Crippen LogP contribution in [0.4, 0.5) is 0 Å². The molecular weight excluding hydrogens is 190 g/mol. The van der Waals surface area contributed by atoms with Crippen LogP contribution in [-0.4, -0.2) is 28.9 Å². The molecule has 1 aromatic rings. The van der Waals surface area contributed by atoms with E-state index in [2.05, 4.69) is 15.5 Å². The lowest BCUT2D eigenvalue weighted by Crippen LogP contribution is -2.14. The van der Waals surface area contributed by atoms with Crippen LogP contribution in [-0.2, 0) is 11.3 Å². The van der Waals surface area contributed by atoms with Crippen molar-refractivity contribution in [1.82, 2.24) is 15.5 Å². The van der Waals surface area contributed by atoms with E-state index in [4.69, 9.17) is 9.26 Å². The Bertz CT molecular complexity index is 272. The fraction of sp³-hybridized carbons (Fsp3) is 0.714. The van der Waals surface area contributed by atoms with Crippen molar-refractivity contribution in [2.75, 3.05) is 18.7 Å². The van der Waals surface area contributed by atoms with E-state index in [9.17, 15) is 0 Å². The third-order valence-corrected chi connectivity index (χ3v) is 2.71. The van der Waals surface area contributed by atoms with Gasteiger partial charge >= 0.3 is 0 Å². The van der Waals surface area contributed by atoms with Crippen LogP contribution in [0.3, 0.4) is 0 Å². The quantitative estimate of drug-likeness (QED) is 0.770. The van der Waals surface area contributed by atoms with Gasteiger partial charge in [-0.25, -0.2) is 0 Å². The number of hydrogen-bond donors (Lipinski definition) is 1. The van der Waals surface area contributed by atoms with E-state index >= 15 is 0 Å². The van der Waals surface area contributed by atoms with E-state index in [0.717, 1.165) is 11.6 Å². The topological polar surface area (TPSA) is 60.2 Å². The van der Waals surface area contributed by atoms with Gasteiger partial charge in [0, 0.05) is 18.7 Å². The van der Waals surface area contributed by atoms with Gasteiger partial charge in [-0.2, -0.15) is 4.98 Å². The molecule has 5 nitrogen and oxygen atoms in total. The molecule has 1 unspecified atom stereocenters. The first-order chi connectivity index (χ1) is 6.40. The summed E-state index contributed by atoms with van der Waals surface area (Å²) in [6, 6.07) is 0.211. The summed E-state index contributed by atoms with van der Waals surface area (Å²) in [4.78, 5) is 4.20. The number of methoxy groups -OCH3 is 1. The van der Waals surface area contributed by atoms with Gasteiger partial charge in [0.1, 0.15) is 6.61 Å². The van der Waals surface area contributed by atoms with Crippen LogP contribution in [0.1, 0.15) is 17.8 Å². The Kier molecular flexibility index (Phi) is 2.82. The summed E-state index contributed by atoms with van der Waals surface area (Å²) in [5, 5.41) is 7.04. The molecule has 1 aliphatic heterocycles. The highest BCUT2D eigenvalue weighted by molar-refractivity contribution is 7.99. The number of aromatic nitrogens is 2. The highest BCUT2D eigenvalue weighted by atomic mass is 32.2. The van der Waals surface area contributed by atoms with E-state index in [1.54, 1.807) is 7.11 Å². The number of nitrogens with zero attached hydrogens (tertiary/aromatic N) is 2. The van der Waals surface area contributed by atoms with Gasteiger partial charge in [0.2, 0.25) is 5.89 Å². The molecule has 0 amide bonds. The second kappa shape index (κ2) is 4.08. The molecule has 0 spiro atoms. The molecular formula is C7H11N3O2S. The van der Waals surface area contributed by atoms with Gasteiger partial charge in [-0.1, -0.05) is 5.16 Å². The zero-order chi connectivity index (χ0) is 9.10. The molecule has 6 heteroatoms. The Hall–Kier alpha value is -0.590. The van der Waals surface area contributed by atoms with Crippen LogP contribution in [0.2, 0.25) is 0 Å². The highest BCUT2D eigenvalue weighted by Crippen LogP contribution is 2.22. The first-order valence-electron chi connectivity index (χ1n) is 4.02. The van der Waals surface area contributed by atoms with E-state index in [1.807, 2.05) is 11.8 Å². The Morgan fingerprint density at radius 1 is 1.77 bits per heavy atom. The van der Waals surface area contributed by atoms with E-state index in [-0.39, 0.29) is 6.04 Å². The van der Waals surface area contributed by atoms with Crippen molar-refractivity contribution in [3.63, 3.8) is 0 Å². The van der Waals surface area contributed by atoms with Crippen molar-refractivity contribution in [1.29, 1.82) is 0 Å². The minimum atomic E-state index is 0.211. The van der Waals surface area contributed by atoms with Crippen LogP contribution >= 0.6 is 11.8 Å². The summed E-state index contributed by atoms with van der Waals surface area (Å²) in [7, 11) is 1.61. The molecule has 2 heterocycles. The summed E-state index contributed by atoms with van der Waals surface area (Å²) in [5.41, 5.74) is 0. The third kappa shape index (κ3) is 2.01. The first-order valence-corrected chi connectivity index (χ1v) is 5.18. The fourth-order valence-corrected chi connectivity index (χ4v) is 2.08. The molecule has 1 saturated heterocycles. The largest absolute Gasteiger partial charge is 0.377 e. The van der Waals surface area contributed by atoms with E-state index < -0.39 is 0 Å². The maximum Gasteiger partial charge on any atom is 0.244 e. The van der Waals surface area contributed by atoms with Crippen LogP contribution in [0.5, 0.6) is 0 Å². The monoisotopic (exact) mass is 201 g/mol. The molecule has 0 aliphatic carbocycles. The van der Waals surface area contributed by atoms with Crippen molar-refractivity contribution in [2.24, 2.45) is 0 Å². The van der Waals surface area contributed by atoms with Crippen LogP contribution in [0, 0.1) is 0 Å². The number of hydrogen-bond acceptors (Lipinski definition) is 6. The Morgan fingerprint density at radius 3 is 3.38 bits per heavy atom. The lowest BCUT2D eigenvalue weighted by molar-refractivity contribution is 0.174. The summed E-state index contributed by atoms with van der Waals surface area (Å²) >= 11 is 1.83. The van der Waals surface area contributed by atoms with Gasteiger partial charge in [-0.15, -0.1) is 11.8 Å². The zero-order valence-electron chi connectivity index (χ0n) is 7.32. The molecule has 1 N–H and O–H groups in total. The van der Waals surface area contributed by atoms with Crippen molar-refractivity contribution in [3.8, 4) is 0 Å². The fourth-order valence-electron chi connectivity index (χ4n) is 1.15. The Balaban J connectivity index is 2.03. The number of thioether (sulfide) groups is 1. The van der Waals surface area contributed by atoms with Gasteiger partial charge in [-0.3, -0.25) is 5.32 Å². The van der Waals surface area contributed by atoms with E-state index in [0.29, 0.717) is 18.3 Å². The molecule has 1 aliphatic rings. The second-order valence-electron chi connectivity index (χ2n) is 2.75. The molecule has 1 atom stereocenters. The molecule has 0 bridgehead atoms. The molecule has 13 heavy (non-hydrogen) atoms. The predicted octanol–water partition coefficient (Wildman–Crippen LogP) is 0.551. The molecule has 72 valence electrons. The van der Waals surface area contributed by atoms with Crippen molar-refractivity contribution in [2.45, 2.75) is 12.6 Å². The van der Waals surface area contributed by atoms with Crippen molar-refractivity contribution >= 4 is 11.8 Å². The number of ether oxygens (including phenoxy) is 1. The molecule has 0 aromatic carbocycles. The normalized spacial score (nSPS) is 22.4. The Labute approximate surface area is 80.2 Å². The lowest BCUT2D eigenvalue weighted by Gasteiger charge is -1.99. The van der Waals surface area contributed by atoms with Crippen LogP contribution < -0.4 is 5.32 Å². The minimum absolute atomic E-state index is 0.211. The van der Waals surface area contributed by atoms with Crippen molar-refractivity contribution < 1.29 is 9.26 Å². The average molecular weight is 201 g/mol. The molecule has 2 rings (SSSR count). The zero-order valence-corrected chi connectivity index (χ0v) is 8.13. The maximum absolute atomic E-state index is 5.08. The van der Waals surface area contributed by atoms with Gasteiger partial charge in [0.25, 0.3) is 0 Å². The maximum atomic E-state index is 5.08. The number of nitrogens with one attached hydrogen (secondary N) is 1. The van der Waals surface area contributed by atoms with Gasteiger partial charge in [-0.05, 0) is 0 Å². The average Bonchev–Trinajstić information content (AvgIpc) is 2.70. The van der Waals surface area contributed by atoms with E-state index in [1.165, 1.54) is 0 Å². The van der Waals surface area contributed by atoms with Gasteiger partial charge < -0.3 is 9.26 Å². The molecule has 0 radical (unpaired) electrons. The van der Waals surface area contributed by atoms with Crippen LogP contribution in [0.15, 0.2) is 4.52 Å². The summed E-state index contributed by atoms with van der Waals surface area (Å²) < 4.78 is 9.98. The summed E-state index contributed by atoms with van der Waals surface area (Å²) in [5.74, 6) is 3.22. The van der Waals surface area contributed by atoms with Gasteiger partial charge in [0.15, 0.2) is 5.82 Å². The summed E-state index contributed by atoms with van der Waals surface area (Å²) in [6.45, 7) is 0.406. The smallest absolute Gasteiger partial charge is 0.244 e. The Morgan fingerprint density at radius 2 is 2.69 bits per heavy atom. The molecule has 0 saturated carbocycles. The third-order valence-electron chi connectivity index (χ3n) is 1.77. The number of rotatable bonds is 3. The lowest BCUT2D eigenvalue weighted by atomic mass is 10.3. The summed E-state index contributed by atoms with van der Waals surface area (Å²) in [6.07, 6.45) is 0. The van der Waals surface area contributed by atoms with Gasteiger partial charge in [0.05, 0.1) is 6.04 Å². The predicted molar refractivity (Wildman–Crippen MR) is 48.2 cm³/mol.